The summed E-state index contributed by atoms with van der Waals surface area (Å²) < 4.78 is 20.2. The normalized spacial score (nSPS) is 11.5. The molecule has 3 aromatic heterocycles. The molecule has 6 aromatic rings. The van der Waals surface area contributed by atoms with Crippen molar-refractivity contribution in [3.8, 4) is 28.8 Å². The van der Waals surface area contributed by atoms with Crippen molar-refractivity contribution in [2.24, 2.45) is 5.10 Å². The number of hydrogen-bond donors (Lipinski definition) is 0. The number of para-hydroxylation sites is 1. The third-order valence-corrected chi connectivity index (χ3v) is 7.11. The summed E-state index contributed by atoms with van der Waals surface area (Å²) in [6.45, 7) is 3.80. The number of ether oxygens (including phenoxy) is 2. The average molecular weight is 564 g/mol. The second-order valence-corrected chi connectivity index (χ2v) is 9.57. The molecule has 0 fully saturated rings. The van der Waals surface area contributed by atoms with Crippen LogP contribution in [0.5, 0.6) is 11.5 Å². The number of rotatable bonds is 7. The fraction of sp³-hybridized carbons (Fsp3) is 0.129. The van der Waals surface area contributed by atoms with Crippen molar-refractivity contribution in [3.05, 3.63) is 110 Å². The van der Waals surface area contributed by atoms with Crippen molar-refractivity contribution in [1.29, 1.82) is 0 Å². The molecular weight excluding hydrogens is 538 g/mol. The van der Waals surface area contributed by atoms with E-state index < -0.39 is 4.92 Å². The first kappa shape index (κ1) is 26.5. The molecule has 0 bridgehead atoms. The van der Waals surface area contributed by atoms with Crippen LogP contribution in [0.3, 0.4) is 0 Å². The molecule has 0 aliphatic carbocycles. The van der Waals surface area contributed by atoms with E-state index in [2.05, 4.69) is 5.10 Å². The molecule has 3 aromatic carbocycles. The number of aryl methyl sites for hydroxylation is 1. The molecule has 0 saturated carbocycles. The first-order chi connectivity index (χ1) is 20.3. The lowest BCUT2D eigenvalue weighted by molar-refractivity contribution is -0.384. The third kappa shape index (κ3) is 4.37. The number of aromatic nitrogens is 3. The van der Waals surface area contributed by atoms with Crippen LogP contribution < -0.4 is 15.0 Å². The summed E-state index contributed by atoms with van der Waals surface area (Å²) in [4.78, 5) is 29.3. The van der Waals surface area contributed by atoms with E-state index >= 15 is 0 Å². The fourth-order valence-electron chi connectivity index (χ4n) is 5.09. The van der Waals surface area contributed by atoms with Crippen LogP contribution in [0.1, 0.15) is 17.0 Å². The highest BCUT2D eigenvalue weighted by atomic mass is 16.6. The Balaban J connectivity index is 1.50. The molecule has 0 radical (unpaired) electrons. The van der Waals surface area contributed by atoms with E-state index in [-0.39, 0.29) is 17.1 Å². The maximum Gasteiger partial charge on any atom is 0.282 e. The van der Waals surface area contributed by atoms with Crippen molar-refractivity contribution in [2.75, 3.05) is 14.2 Å². The number of methoxy groups -OCH3 is 2. The summed E-state index contributed by atoms with van der Waals surface area (Å²) >= 11 is 0. The maximum absolute atomic E-state index is 13.7. The molecule has 6 rings (SSSR count). The lowest BCUT2D eigenvalue weighted by Crippen LogP contribution is -2.20. The van der Waals surface area contributed by atoms with Gasteiger partial charge in [-0.1, -0.05) is 18.2 Å². The number of non-ortho nitro benzene ring substituents is 1. The second kappa shape index (κ2) is 10.4. The van der Waals surface area contributed by atoms with Crippen molar-refractivity contribution in [1.82, 2.24) is 14.2 Å². The van der Waals surface area contributed by atoms with Gasteiger partial charge >= 0.3 is 0 Å². The highest BCUT2D eigenvalue weighted by Gasteiger charge is 2.20. The number of fused-ring (bicyclic) bond motifs is 2. The van der Waals surface area contributed by atoms with Gasteiger partial charge in [0.2, 0.25) is 5.82 Å². The minimum Gasteiger partial charge on any atom is -0.496 e. The molecule has 11 heteroatoms. The van der Waals surface area contributed by atoms with Gasteiger partial charge in [0.05, 0.1) is 53.4 Å². The Morgan fingerprint density at radius 1 is 0.952 bits per heavy atom. The predicted molar refractivity (Wildman–Crippen MR) is 159 cm³/mol. The minimum atomic E-state index is -0.467. The first-order valence-electron chi connectivity index (χ1n) is 13.0. The van der Waals surface area contributed by atoms with Crippen LogP contribution in [0.4, 0.5) is 5.69 Å². The lowest BCUT2D eigenvalue weighted by Gasteiger charge is -2.13. The highest BCUT2D eigenvalue weighted by Crippen LogP contribution is 2.34. The number of nitro benzene ring substituents is 1. The van der Waals surface area contributed by atoms with Gasteiger partial charge in [-0.25, -0.2) is 4.98 Å². The highest BCUT2D eigenvalue weighted by molar-refractivity contribution is 5.89. The zero-order valence-corrected chi connectivity index (χ0v) is 23.2. The SMILES string of the molecule is COc1cc([N+](=O)[O-])ccc1-n1c(C)cc(C=Nn2c(-c3cc4c(OC)cccc4o3)nc3ccccc3c2=O)c1C. The zero-order valence-electron chi connectivity index (χ0n) is 23.2. The molecular formula is C31H25N5O6. The standard InChI is InChI=1S/C31H25N5O6/c1-18-14-20(19(2)34(18)25-13-12-21(36(38)39)15-28(25)41-4)17-32-35-30(33-24-9-6-5-8-22(24)31(35)37)29-16-23-26(40-3)10-7-11-27(23)42-29/h5-17H,1-4H3. The van der Waals surface area contributed by atoms with E-state index in [0.29, 0.717) is 39.4 Å². The van der Waals surface area contributed by atoms with Crippen LogP contribution in [0.2, 0.25) is 0 Å². The summed E-state index contributed by atoms with van der Waals surface area (Å²) in [6, 6.07) is 20.7. The number of furan rings is 1. The lowest BCUT2D eigenvalue weighted by atomic mass is 10.2. The minimum absolute atomic E-state index is 0.0706. The van der Waals surface area contributed by atoms with Gasteiger partial charge in [0.15, 0.2) is 5.76 Å². The summed E-state index contributed by atoms with van der Waals surface area (Å²) in [5, 5.41) is 17.0. The van der Waals surface area contributed by atoms with Crippen LogP contribution >= 0.6 is 0 Å². The van der Waals surface area contributed by atoms with Crippen LogP contribution in [-0.4, -0.2) is 39.6 Å². The van der Waals surface area contributed by atoms with Gasteiger partial charge in [-0.15, -0.1) is 0 Å². The van der Waals surface area contributed by atoms with Crippen LogP contribution in [0.15, 0.2) is 87.1 Å². The van der Waals surface area contributed by atoms with Crippen molar-refractivity contribution >= 4 is 33.8 Å². The number of hydrogen-bond acceptors (Lipinski definition) is 8. The Morgan fingerprint density at radius 3 is 2.50 bits per heavy atom. The van der Waals surface area contributed by atoms with Crippen molar-refractivity contribution in [3.63, 3.8) is 0 Å². The van der Waals surface area contributed by atoms with Gasteiger partial charge in [-0.2, -0.15) is 9.78 Å². The average Bonchev–Trinajstić information content (AvgIpc) is 3.56. The van der Waals surface area contributed by atoms with E-state index in [4.69, 9.17) is 18.9 Å². The van der Waals surface area contributed by atoms with Gasteiger partial charge in [0.1, 0.15) is 17.1 Å². The molecule has 42 heavy (non-hydrogen) atoms. The molecule has 0 unspecified atom stereocenters. The molecule has 3 heterocycles. The molecule has 0 spiro atoms. The monoisotopic (exact) mass is 563 g/mol. The van der Waals surface area contributed by atoms with Crippen LogP contribution in [-0.2, 0) is 0 Å². The van der Waals surface area contributed by atoms with Gasteiger partial charge in [0, 0.05) is 23.0 Å². The summed E-state index contributed by atoms with van der Waals surface area (Å²) in [7, 11) is 3.05. The first-order valence-corrected chi connectivity index (χ1v) is 13.0. The molecule has 0 aliphatic rings. The Kier molecular flexibility index (Phi) is 6.54. The van der Waals surface area contributed by atoms with Gasteiger partial charge in [-0.05, 0) is 56.3 Å². The maximum atomic E-state index is 13.7. The topological polar surface area (TPSA) is 127 Å². The van der Waals surface area contributed by atoms with E-state index in [1.54, 1.807) is 43.7 Å². The predicted octanol–water partition coefficient (Wildman–Crippen LogP) is 6.02. The summed E-state index contributed by atoms with van der Waals surface area (Å²) in [5.41, 5.74) is 3.67. The molecule has 0 aliphatic heterocycles. The number of nitro groups is 1. The Morgan fingerprint density at radius 2 is 1.74 bits per heavy atom. The molecule has 0 amide bonds. The van der Waals surface area contributed by atoms with E-state index in [0.717, 1.165) is 22.3 Å². The quantitative estimate of drug-likeness (QED) is 0.132. The second-order valence-electron chi connectivity index (χ2n) is 9.57. The summed E-state index contributed by atoms with van der Waals surface area (Å²) in [5.74, 6) is 1.58. The number of benzene rings is 3. The Bertz CT molecular complexity index is 2100. The largest absolute Gasteiger partial charge is 0.496 e. The Hall–Kier alpha value is -5.71. The van der Waals surface area contributed by atoms with Gasteiger partial charge < -0.3 is 18.5 Å². The van der Waals surface area contributed by atoms with Crippen LogP contribution in [0, 0.1) is 24.0 Å². The summed E-state index contributed by atoms with van der Waals surface area (Å²) in [6.07, 6.45) is 1.58. The molecule has 0 atom stereocenters. The van der Waals surface area contributed by atoms with Crippen molar-refractivity contribution in [2.45, 2.75) is 13.8 Å². The zero-order chi connectivity index (χ0) is 29.5. The molecule has 0 N–H and O–H groups in total. The third-order valence-electron chi connectivity index (χ3n) is 7.11. The van der Waals surface area contributed by atoms with Gasteiger partial charge in [-0.3, -0.25) is 14.9 Å². The van der Waals surface area contributed by atoms with Gasteiger partial charge in [0.25, 0.3) is 11.2 Å². The smallest absolute Gasteiger partial charge is 0.282 e. The molecule has 11 nitrogen and oxygen atoms in total. The van der Waals surface area contributed by atoms with Crippen molar-refractivity contribution < 1.29 is 18.8 Å². The van der Waals surface area contributed by atoms with E-state index in [1.165, 1.54) is 23.9 Å². The molecule has 0 saturated heterocycles. The fourth-order valence-corrected chi connectivity index (χ4v) is 5.09. The van der Waals surface area contributed by atoms with E-state index in [1.807, 2.05) is 48.7 Å². The molecule has 210 valence electrons. The Labute approximate surface area is 239 Å². The van der Waals surface area contributed by atoms with Crippen LogP contribution in [0.25, 0.3) is 39.1 Å². The van der Waals surface area contributed by atoms with E-state index in [9.17, 15) is 14.9 Å². The number of nitrogens with zero attached hydrogens (tertiary/aromatic N) is 5.